The first-order valence-corrected chi connectivity index (χ1v) is 9.71. The third-order valence-electron chi connectivity index (χ3n) is 4.86. The van der Waals surface area contributed by atoms with Gasteiger partial charge in [0, 0.05) is 0 Å². The maximum absolute atomic E-state index is 13.0. The van der Waals surface area contributed by atoms with Crippen LogP contribution in [0, 0.1) is 11.3 Å². The first kappa shape index (κ1) is 16.8. The van der Waals surface area contributed by atoms with Gasteiger partial charge in [-0.25, -0.2) is 8.42 Å². The summed E-state index contributed by atoms with van der Waals surface area (Å²) in [5.74, 6) is -0.0938. The Morgan fingerprint density at radius 2 is 2.00 bits per heavy atom. The number of hydrogen-bond acceptors (Lipinski definition) is 5. The maximum atomic E-state index is 13.0. The van der Waals surface area contributed by atoms with E-state index in [1.165, 1.54) is 4.68 Å². The standard InChI is InChI=1S/C17H22N4O2S/c1-13-8-7-11-17(2,3)15(13)12-24(22,23)16-18-19-20-21(16)14-9-5-4-6-10-14/h4-6,9-10,15H,1,7-8,11-12H2,2-3H3/t15-/m1/s1. The second-order valence-electron chi connectivity index (χ2n) is 7.04. The molecule has 1 aromatic carbocycles. The van der Waals surface area contributed by atoms with Crippen molar-refractivity contribution >= 4 is 9.84 Å². The van der Waals surface area contributed by atoms with E-state index in [0.717, 1.165) is 24.8 Å². The van der Waals surface area contributed by atoms with E-state index in [9.17, 15) is 8.42 Å². The van der Waals surface area contributed by atoms with Crippen molar-refractivity contribution in [3.63, 3.8) is 0 Å². The van der Waals surface area contributed by atoms with Crippen molar-refractivity contribution in [3.8, 4) is 5.69 Å². The fourth-order valence-corrected chi connectivity index (χ4v) is 5.25. The molecule has 0 spiro atoms. The van der Waals surface area contributed by atoms with Crippen LogP contribution < -0.4 is 0 Å². The lowest BCUT2D eigenvalue weighted by Crippen LogP contribution is -2.35. The summed E-state index contributed by atoms with van der Waals surface area (Å²) in [6, 6.07) is 9.05. The van der Waals surface area contributed by atoms with Gasteiger partial charge in [-0.2, -0.15) is 4.68 Å². The molecule has 0 radical (unpaired) electrons. The van der Waals surface area contributed by atoms with E-state index >= 15 is 0 Å². The Bertz CT molecular complexity index is 840. The SMILES string of the molecule is C=C1CCCC(C)(C)[C@@H]1CS(=O)(=O)c1nnnn1-c1ccccc1. The average molecular weight is 346 g/mol. The van der Waals surface area contributed by atoms with Crippen LogP contribution in [0.5, 0.6) is 0 Å². The van der Waals surface area contributed by atoms with Gasteiger partial charge in [0.15, 0.2) is 0 Å². The van der Waals surface area contributed by atoms with Crippen molar-refractivity contribution < 1.29 is 8.42 Å². The van der Waals surface area contributed by atoms with Gasteiger partial charge in [-0.05, 0) is 53.2 Å². The second kappa shape index (κ2) is 6.12. The smallest absolute Gasteiger partial charge is 0.220 e. The Morgan fingerprint density at radius 3 is 2.67 bits per heavy atom. The number of rotatable bonds is 4. The molecule has 1 aliphatic carbocycles. The van der Waals surface area contributed by atoms with Crippen LogP contribution in [0.4, 0.5) is 0 Å². The van der Waals surface area contributed by atoms with E-state index in [4.69, 9.17) is 0 Å². The minimum absolute atomic E-state index is 0.00790. The zero-order valence-electron chi connectivity index (χ0n) is 14.0. The number of hydrogen-bond donors (Lipinski definition) is 0. The van der Waals surface area contributed by atoms with Gasteiger partial charge in [-0.3, -0.25) is 0 Å². The monoisotopic (exact) mass is 346 g/mol. The van der Waals surface area contributed by atoms with Gasteiger partial charge in [-0.1, -0.05) is 49.3 Å². The molecular formula is C17H22N4O2S. The van der Waals surface area contributed by atoms with Gasteiger partial charge in [0.2, 0.25) is 9.84 Å². The van der Waals surface area contributed by atoms with Crippen LogP contribution in [0.2, 0.25) is 0 Å². The molecule has 0 saturated heterocycles. The Labute approximate surface area is 142 Å². The first-order chi connectivity index (χ1) is 11.3. The predicted octanol–water partition coefficient (Wildman–Crippen LogP) is 2.82. The third-order valence-corrected chi connectivity index (χ3v) is 6.44. The fraction of sp³-hybridized carbons (Fsp3) is 0.471. The summed E-state index contributed by atoms with van der Waals surface area (Å²) in [6.45, 7) is 8.33. The maximum Gasteiger partial charge on any atom is 0.272 e. The highest BCUT2D eigenvalue weighted by atomic mass is 32.2. The molecule has 128 valence electrons. The Hall–Kier alpha value is -2.02. The number of para-hydroxylation sites is 1. The third kappa shape index (κ3) is 3.13. The minimum Gasteiger partial charge on any atom is -0.220 e. The van der Waals surface area contributed by atoms with Crippen molar-refractivity contribution in [2.75, 3.05) is 5.75 Å². The van der Waals surface area contributed by atoms with Crippen molar-refractivity contribution in [2.45, 2.75) is 38.3 Å². The minimum atomic E-state index is -3.63. The molecule has 0 N–H and O–H groups in total. The number of aromatic nitrogens is 4. The van der Waals surface area contributed by atoms with E-state index < -0.39 is 9.84 Å². The number of benzene rings is 1. The van der Waals surface area contributed by atoms with Crippen LogP contribution in [-0.2, 0) is 9.84 Å². The molecule has 2 aromatic rings. The molecular weight excluding hydrogens is 324 g/mol. The van der Waals surface area contributed by atoms with Crippen LogP contribution >= 0.6 is 0 Å². The molecule has 3 rings (SSSR count). The van der Waals surface area contributed by atoms with Gasteiger partial charge in [0.1, 0.15) is 0 Å². The summed E-state index contributed by atoms with van der Waals surface area (Å²) in [4.78, 5) is 0. The highest BCUT2D eigenvalue weighted by Crippen LogP contribution is 2.44. The van der Waals surface area contributed by atoms with Crippen molar-refractivity contribution in [3.05, 3.63) is 42.5 Å². The molecule has 1 aromatic heterocycles. The predicted molar refractivity (Wildman–Crippen MR) is 91.5 cm³/mol. The Balaban J connectivity index is 1.95. The van der Waals surface area contributed by atoms with Crippen molar-refractivity contribution in [1.82, 2.24) is 20.2 Å². The van der Waals surface area contributed by atoms with Crippen molar-refractivity contribution in [1.29, 1.82) is 0 Å². The second-order valence-corrected chi connectivity index (χ2v) is 8.97. The molecule has 0 aliphatic heterocycles. The molecule has 1 aliphatic rings. The number of sulfone groups is 1. The van der Waals surface area contributed by atoms with Crippen LogP contribution in [0.25, 0.3) is 5.69 Å². The largest absolute Gasteiger partial charge is 0.272 e. The summed E-state index contributed by atoms with van der Waals surface area (Å²) in [5.41, 5.74) is 1.55. The molecule has 6 nitrogen and oxygen atoms in total. The lowest BCUT2D eigenvalue weighted by atomic mass is 9.68. The molecule has 1 atom stereocenters. The average Bonchev–Trinajstić information content (AvgIpc) is 3.02. The molecule has 0 bridgehead atoms. The van der Waals surface area contributed by atoms with Crippen LogP contribution in [0.3, 0.4) is 0 Å². The summed E-state index contributed by atoms with van der Waals surface area (Å²) in [7, 11) is -3.63. The quantitative estimate of drug-likeness (QED) is 0.796. The van der Waals surface area contributed by atoms with Gasteiger partial charge in [0.05, 0.1) is 11.4 Å². The van der Waals surface area contributed by atoms with Crippen molar-refractivity contribution in [2.24, 2.45) is 11.3 Å². The molecule has 24 heavy (non-hydrogen) atoms. The summed E-state index contributed by atoms with van der Waals surface area (Å²) < 4.78 is 27.3. The highest BCUT2D eigenvalue weighted by Gasteiger charge is 2.39. The number of tetrazole rings is 1. The van der Waals surface area contributed by atoms with E-state index in [0.29, 0.717) is 5.69 Å². The van der Waals surface area contributed by atoms with E-state index in [-0.39, 0.29) is 22.2 Å². The van der Waals surface area contributed by atoms with E-state index in [1.807, 2.05) is 18.2 Å². The molecule has 0 amide bonds. The molecule has 1 heterocycles. The molecule has 1 saturated carbocycles. The van der Waals surface area contributed by atoms with Crippen LogP contribution in [0.15, 0.2) is 47.6 Å². The van der Waals surface area contributed by atoms with Gasteiger partial charge in [-0.15, -0.1) is 0 Å². The summed E-state index contributed by atoms with van der Waals surface area (Å²) >= 11 is 0. The van der Waals surface area contributed by atoms with E-state index in [1.54, 1.807) is 12.1 Å². The van der Waals surface area contributed by atoms with Gasteiger partial charge >= 0.3 is 0 Å². The topological polar surface area (TPSA) is 77.7 Å². The highest BCUT2D eigenvalue weighted by molar-refractivity contribution is 7.91. The molecule has 0 unspecified atom stereocenters. The van der Waals surface area contributed by atoms with E-state index in [2.05, 4.69) is 36.0 Å². The lowest BCUT2D eigenvalue weighted by molar-refractivity contribution is 0.207. The van der Waals surface area contributed by atoms with Gasteiger partial charge < -0.3 is 0 Å². The summed E-state index contributed by atoms with van der Waals surface area (Å²) in [5, 5.41) is 11.1. The van der Waals surface area contributed by atoms with Gasteiger partial charge in [0.25, 0.3) is 5.16 Å². The lowest BCUT2D eigenvalue weighted by Gasteiger charge is -2.39. The summed E-state index contributed by atoms with van der Waals surface area (Å²) in [6.07, 6.45) is 2.94. The zero-order chi connectivity index (χ0) is 17.4. The zero-order valence-corrected chi connectivity index (χ0v) is 14.8. The fourth-order valence-electron chi connectivity index (χ4n) is 3.41. The Morgan fingerprint density at radius 1 is 1.29 bits per heavy atom. The number of nitrogens with zero attached hydrogens (tertiary/aromatic N) is 4. The van der Waals surface area contributed by atoms with Crippen LogP contribution in [-0.4, -0.2) is 34.4 Å². The number of allylic oxidation sites excluding steroid dienone is 1. The normalized spacial score (nSPS) is 20.9. The molecule has 1 fully saturated rings. The van der Waals surface area contributed by atoms with Crippen LogP contribution in [0.1, 0.15) is 33.1 Å². The first-order valence-electron chi connectivity index (χ1n) is 8.05. The molecule has 7 heteroatoms. The Kier molecular flexibility index (Phi) is 4.29.